The van der Waals surface area contributed by atoms with Gasteiger partial charge in [-0.05, 0) is 12.8 Å². The highest BCUT2D eigenvalue weighted by molar-refractivity contribution is 8.02. The molecule has 0 bridgehead atoms. The first-order valence-electron chi connectivity index (χ1n) is 4.57. The molecule has 1 fully saturated rings. The monoisotopic (exact) mass is 224 g/mol. The average molecular weight is 224 g/mol. The molecule has 1 saturated carbocycles. The lowest BCUT2D eigenvalue weighted by Crippen LogP contribution is -2.30. The number of aromatic nitrogens is 1. The van der Waals surface area contributed by atoms with Gasteiger partial charge in [0.15, 0.2) is 0 Å². The normalized spacial score (nSPS) is 20.9. The van der Waals surface area contributed by atoms with Gasteiger partial charge >= 0.3 is 5.97 Å². The van der Waals surface area contributed by atoms with Gasteiger partial charge in [-0.25, -0.2) is 4.79 Å². The third kappa shape index (κ3) is 1.11. The summed E-state index contributed by atoms with van der Waals surface area (Å²) in [5.41, 5.74) is 0.751. The molecular formula is C9H8N2O3S. The van der Waals surface area contributed by atoms with Gasteiger partial charge in [0.1, 0.15) is 5.69 Å². The van der Waals surface area contributed by atoms with Gasteiger partial charge in [-0.3, -0.25) is 4.79 Å². The quantitative estimate of drug-likeness (QED) is 0.671. The van der Waals surface area contributed by atoms with Gasteiger partial charge in [-0.1, -0.05) is 0 Å². The number of aromatic amines is 1. The van der Waals surface area contributed by atoms with Crippen LogP contribution in [-0.2, 0) is 4.79 Å². The number of rotatable bonds is 1. The number of thioether (sulfide) groups is 1. The molecule has 0 atom stereocenters. The van der Waals surface area contributed by atoms with E-state index in [2.05, 4.69) is 10.3 Å². The fourth-order valence-corrected chi connectivity index (χ4v) is 3.00. The van der Waals surface area contributed by atoms with Gasteiger partial charge in [-0.2, -0.15) is 0 Å². The van der Waals surface area contributed by atoms with E-state index < -0.39 is 5.97 Å². The topological polar surface area (TPSA) is 82.2 Å². The Hall–Kier alpha value is -1.43. The molecule has 15 heavy (non-hydrogen) atoms. The summed E-state index contributed by atoms with van der Waals surface area (Å²) in [6.45, 7) is 0. The zero-order chi connectivity index (χ0) is 10.6. The lowest BCUT2D eigenvalue weighted by Gasteiger charge is -2.21. The summed E-state index contributed by atoms with van der Waals surface area (Å²) in [4.78, 5) is 25.8. The van der Waals surface area contributed by atoms with E-state index in [1.807, 2.05) is 0 Å². The number of anilines is 1. The molecule has 2 aliphatic rings. The molecule has 0 saturated heterocycles. The van der Waals surface area contributed by atoms with Crippen LogP contribution in [0.4, 0.5) is 5.69 Å². The summed E-state index contributed by atoms with van der Waals surface area (Å²) >= 11 is 1.37. The Labute approximate surface area is 89.2 Å². The van der Waals surface area contributed by atoms with Gasteiger partial charge in [0.05, 0.1) is 15.3 Å². The van der Waals surface area contributed by atoms with E-state index in [0.29, 0.717) is 10.6 Å². The Balaban J connectivity index is 2.08. The molecule has 3 rings (SSSR count). The van der Waals surface area contributed by atoms with Crippen molar-refractivity contribution in [1.82, 2.24) is 4.98 Å². The molecule has 1 aliphatic heterocycles. The molecule has 1 aromatic heterocycles. The van der Waals surface area contributed by atoms with Crippen molar-refractivity contribution in [2.24, 2.45) is 0 Å². The number of carbonyl (C=O) groups excluding carboxylic acids is 1. The largest absolute Gasteiger partial charge is 0.477 e. The minimum Gasteiger partial charge on any atom is -0.477 e. The van der Waals surface area contributed by atoms with Crippen LogP contribution < -0.4 is 5.32 Å². The van der Waals surface area contributed by atoms with Crippen LogP contribution in [-0.4, -0.2) is 26.7 Å². The summed E-state index contributed by atoms with van der Waals surface area (Å²) in [5, 5.41) is 11.7. The van der Waals surface area contributed by atoms with Gasteiger partial charge < -0.3 is 15.4 Å². The minimum atomic E-state index is -0.990. The van der Waals surface area contributed by atoms with E-state index in [4.69, 9.17) is 5.11 Å². The standard InChI is InChI=1S/C9H8N2O3S/c12-7(13)5-6-4(3-10-5)11-8(14)9(15-6)1-2-9/h3,10H,1-2H2,(H,11,14)(H,12,13). The van der Waals surface area contributed by atoms with Crippen LogP contribution in [0.1, 0.15) is 23.3 Å². The Morgan fingerprint density at radius 3 is 2.87 bits per heavy atom. The van der Waals surface area contributed by atoms with Crippen molar-refractivity contribution in [3.8, 4) is 0 Å². The summed E-state index contributed by atoms with van der Waals surface area (Å²) < 4.78 is -0.389. The third-order valence-electron chi connectivity index (χ3n) is 2.71. The number of fused-ring (bicyclic) bond motifs is 1. The Kier molecular flexibility index (Phi) is 1.52. The van der Waals surface area contributed by atoms with Gasteiger partial charge in [0.25, 0.3) is 0 Å². The van der Waals surface area contributed by atoms with Crippen LogP contribution in [0.2, 0.25) is 0 Å². The van der Waals surface area contributed by atoms with Crippen LogP contribution >= 0.6 is 11.8 Å². The van der Waals surface area contributed by atoms with E-state index in [1.54, 1.807) is 0 Å². The van der Waals surface area contributed by atoms with Crippen LogP contribution in [0.3, 0.4) is 0 Å². The first-order valence-corrected chi connectivity index (χ1v) is 5.39. The fraction of sp³-hybridized carbons (Fsp3) is 0.333. The highest BCUT2D eigenvalue weighted by Crippen LogP contribution is 2.57. The molecular weight excluding hydrogens is 216 g/mol. The lowest BCUT2D eigenvalue weighted by atomic mass is 10.3. The number of nitrogens with one attached hydrogen (secondary N) is 2. The van der Waals surface area contributed by atoms with E-state index in [-0.39, 0.29) is 16.3 Å². The fourth-order valence-electron chi connectivity index (χ4n) is 1.69. The molecule has 1 aromatic rings. The third-order valence-corrected chi connectivity index (χ3v) is 4.32. The first-order chi connectivity index (χ1) is 7.12. The van der Waals surface area contributed by atoms with Crippen molar-refractivity contribution < 1.29 is 14.7 Å². The van der Waals surface area contributed by atoms with E-state index >= 15 is 0 Å². The average Bonchev–Trinajstić information content (AvgIpc) is 2.82. The van der Waals surface area contributed by atoms with E-state index in [1.165, 1.54) is 18.0 Å². The molecule has 5 nitrogen and oxygen atoms in total. The first kappa shape index (κ1) is 8.84. The second kappa shape index (κ2) is 2.57. The number of carbonyl (C=O) groups is 2. The number of carboxylic acid groups (broad SMARTS) is 1. The van der Waals surface area contributed by atoms with Crippen LogP contribution in [0.5, 0.6) is 0 Å². The predicted octanol–water partition coefficient (Wildman–Crippen LogP) is 1.29. The second-order valence-corrected chi connectivity index (χ2v) is 5.16. The highest BCUT2D eigenvalue weighted by Gasteiger charge is 2.54. The Morgan fingerprint density at radius 1 is 1.53 bits per heavy atom. The number of carboxylic acids is 1. The SMILES string of the molecule is O=C(O)c1[nH]cc2c1SC1(CC1)C(=O)N2. The molecule has 1 spiro atoms. The Bertz CT molecular complexity index is 476. The number of amides is 1. The van der Waals surface area contributed by atoms with E-state index in [9.17, 15) is 9.59 Å². The smallest absolute Gasteiger partial charge is 0.353 e. The Morgan fingerprint density at radius 2 is 2.27 bits per heavy atom. The highest BCUT2D eigenvalue weighted by atomic mass is 32.2. The van der Waals surface area contributed by atoms with Crippen LogP contribution in [0.15, 0.2) is 11.1 Å². The maximum absolute atomic E-state index is 11.6. The maximum atomic E-state index is 11.6. The number of hydrogen-bond donors (Lipinski definition) is 3. The molecule has 1 amide bonds. The van der Waals surface area contributed by atoms with Crippen LogP contribution in [0.25, 0.3) is 0 Å². The van der Waals surface area contributed by atoms with Crippen molar-refractivity contribution in [2.45, 2.75) is 22.5 Å². The van der Waals surface area contributed by atoms with Crippen molar-refractivity contribution in [3.63, 3.8) is 0 Å². The summed E-state index contributed by atoms with van der Waals surface area (Å²) in [7, 11) is 0. The molecule has 6 heteroatoms. The zero-order valence-electron chi connectivity index (χ0n) is 7.66. The molecule has 1 aliphatic carbocycles. The van der Waals surface area contributed by atoms with Crippen molar-refractivity contribution in [2.75, 3.05) is 5.32 Å². The van der Waals surface area contributed by atoms with Crippen molar-refractivity contribution in [1.29, 1.82) is 0 Å². The molecule has 78 valence electrons. The minimum absolute atomic E-state index is 0.00376. The predicted molar refractivity (Wildman–Crippen MR) is 54.2 cm³/mol. The van der Waals surface area contributed by atoms with Gasteiger partial charge in [0.2, 0.25) is 5.91 Å². The van der Waals surface area contributed by atoms with Crippen molar-refractivity contribution >= 4 is 29.3 Å². The lowest BCUT2D eigenvalue weighted by molar-refractivity contribution is -0.116. The summed E-state index contributed by atoms with van der Waals surface area (Å²) in [5.74, 6) is -0.994. The molecule has 0 unspecified atom stereocenters. The number of hydrogen-bond acceptors (Lipinski definition) is 3. The van der Waals surface area contributed by atoms with E-state index in [0.717, 1.165) is 12.8 Å². The number of H-pyrrole nitrogens is 1. The maximum Gasteiger partial charge on any atom is 0.353 e. The molecule has 0 radical (unpaired) electrons. The molecule has 0 aromatic carbocycles. The summed E-state index contributed by atoms with van der Waals surface area (Å²) in [6.07, 6.45) is 3.18. The van der Waals surface area contributed by atoms with Gasteiger partial charge in [0, 0.05) is 6.20 Å². The molecule has 3 N–H and O–H groups in total. The van der Waals surface area contributed by atoms with Gasteiger partial charge in [-0.15, -0.1) is 11.8 Å². The zero-order valence-corrected chi connectivity index (χ0v) is 8.48. The number of aromatic carboxylic acids is 1. The van der Waals surface area contributed by atoms with Crippen LogP contribution in [0, 0.1) is 0 Å². The molecule has 2 heterocycles. The second-order valence-electron chi connectivity index (χ2n) is 3.76. The summed E-state index contributed by atoms with van der Waals surface area (Å²) in [6, 6.07) is 0. The van der Waals surface area contributed by atoms with Crippen molar-refractivity contribution in [3.05, 3.63) is 11.9 Å².